The number of nitrogens with one attached hydrogen (secondary N) is 1. The van der Waals surface area contributed by atoms with Crippen LogP contribution in [0.2, 0.25) is 5.02 Å². The summed E-state index contributed by atoms with van der Waals surface area (Å²) in [6.07, 6.45) is 2.24. The van der Waals surface area contributed by atoms with Gasteiger partial charge in [0.25, 0.3) is 5.89 Å². The van der Waals surface area contributed by atoms with Gasteiger partial charge in [-0.2, -0.15) is 4.98 Å². The fourth-order valence-electron chi connectivity index (χ4n) is 2.25. The van der Waals surface area contributed by atoms with Crippen molar-refractivity contribution >= 4 is 27.5 Å². The first kappa shape index (κ1) is 13.1. The monoisotopic (exact) mass is 341 g/mol. The Morgan fingerprint density at radius 1 is 1.42 bits per heavy atom. The highest BCUT2D eigenvalue weighted by molar-refractivity contribution is 9.10. The predicted molar refractivity (Wildman–Crippen MR) is 77.3 cm³/mol. The Labute approximate surface area is 124 Å². The number of nitrogens with zero attached hydrogens (tertiary/aromatic N) is 2. The van der Waals surface area contributed by atoms with Crippen LogP contribution in [0.15, 0.2) is 27.2 Å². The van der Waals surface area contributed by atoms with Gasteiger partial charge in [-0.3, -0.25) is 0 Å². The molecule has 1 fully saturated rings. The van der Waals surface area contributed by atoms with Gasteiger partial charge < -0.3 is 9.84 Å². The van der Waals surface area contributed by atoms with Crippen molar-refractivity contribution in [1.82, 2.24) is 15.5 Å². The van der Waals surface area contributed by atoms with Crippen LogP contribution >= 0.6 is 27.5 Å². The lowest BCUT2D eigenvalue weighted by Crippen LogP contribution is -2.28. The molecular weight excluding hydrogens is 330 g/mol. The summed E-state index contributed by atoms with van der Waals surface area (Å²) < 4.78 is 6.17. The zero-order valence-electron chi connectivity index (χ0n) is 10.2. The number of piperidine rings is 1. The fourth-order valence-corrected chi connectivity index (χ4v) is 2.82. The van der Waals surface area contributed by atoms with E-state index < -0.39 is 0 Å². The van der Waals surface area contributed by atoms with Crippen LogP contribution in [0.5, 0.6) is 0 Å². The van der Waals surface area contributed by atoms with Crippen LogP contribution in [0.4, 0.5) is 0 Å². The van der Waals surface area contributed by atoms with Crippen molar-refractivity contribution in [3.8, 4) is 11.5 Å². The topological polar surface area (TPSA) is 51.0 Å². The molecule has 2 heterocycles. The summed E-state index contributed by atoms with van der Waals surface area (Å²) in [4.78, 5) is 4.48. The molecule has 1 aromatic heterocycles. The van der Waals surface area contributed by atoms with Gasteiger partial charge in [-0.25, -0.2) is 0 Å². The van der Waals surface area contributed by atoms with Crippen molar-refractivity contribution in [3.05, 3.63) is 33.5 Å². The lowest BCUT2D eigenvalue weighted by molar-refractivity contribution is 0.393. The molecule has 1 aliphatic heterocycles. The van der Waals surface area contributed by atoms with Gasteiger partial charge in [0.2, 0.25) is 0 Å². The smallest absolute Gasteiger partial charge is 0.259 e. The lowest BCUT2D eigenvalue weighted by Gasteiger charge is -2.19. The first-order chi connectivity index (χ1) is 9.25. The van der Waals surface area contributed by atoms with Crippen LogP contribution in [-0.2, 0) is 0 Å². The Balaban J connectivity index is 1.90. The molecule has 100 valence electrons. The quantitative estimate of drug-likeness (QED) is 0.905. The van der Waals surface area contributed by atoms with Crippen LogP contribution in [0, 0.1) is 0 Å². The molecule has 3 rings (SSSR count). The number of hydrogen-bond acceptors (Lipinski definition) is 4. The summed E-state index contributed by atoms with van der Waals surface area (Å²) in [5.41, 5.74) is 0.763. The van der Waals surface area contributed by atoms with Crippen LogP contribution in [0.25, 0.3) is 11.5 Å². The third kappa shape index (κ3) is 2.68. The maximum Gasteiger partial charge on any atom is 0.259 e. The number of aromatic nitrogens is 2. The van der Waals surface area contributed by atoms with Gasteiger partial charge in [-0.05, 0) is 47.4 Å². The molecule has 19 heavy (non-hydrogen) atoms. The molecule has 0 aliphatic carbocycles. The first-order valence-electron chi connectivity index (χ1n) is 6.24. The third-order valence-corrected chi connectivity index (χ3v) is 4.58. The number of halogens is 2. The van der Waals surface area contributed by atoms with Crippen LogP contribution in [-0.4, -0.2) is 23.2 Å². The average Bonchev–Trinajstić information content (AvgIpc) is 2.92. The van der Waals surface area contributed by atoms with E-state index in [1.54, 1.807) is 0 Å². The minimum absolute atomic E-state index is 0.331. The largest absolute Gasteiger partial charge is 0.334 e. The molecule has 1 saturated heterocycles. The van der Waals surface area contributed by atoms with E-state index in [2.05, 4.69) is 31.4 Å². The van der Waals surface area contributed by atoms with Crippen LogP contribution in [0.1, 0.15) is 24.6 Å². The van der Waals surface area contributed by atoms with E-state index in [1.165, 1.54) is 0 Å². The van der Waals surface area contributed by atoms with E-state index in [-0.39, 0.29) is 0 Å². The number of hydrogen-bond donors (Lipinski definition) is 1. The molecule has 1 aromatic carbocycles. The van der Waals surface area contributed by atoms with Gasteiger partial charge in [0.1, 0.15) is 0 Å². The summed E-state index contributed by atoms with van der Waals surface area (Å²) in [6, 6.07) is 5.66. The summed E-state index contributed by atoms with van der Waals surface area (Å²) in [5.74, 6) is 1.57. The maximum absolute atomic E-state index is 6.24. The molecule has 0 bridgehead atoms. The van der Waals surface area contributed by atoms with Crippen molar-refractivity contribution in [1.29, 1.82) is 0 Å². The van der Waals surface area contributed by atoms with Crippen LogP contribution < -0.4 is 5.32 Å². The van der Waals surface area contributed by atoms with Crippen molar-refractivity contribution in [2.24, 2.45) is 0 Å². The van der Waals surface area contributed by atoms with Gasteiger partial charge in [0.05, 0.1) is 10.6 Å². The fraction of sp³-hybridized carbons (Fsp3) is 0.385. The Kier molecular flexibility index (Phi) is 3.86. The molecular formula is C13H13BrClN3O. The second kappa shape index (κ2) is 5.61. The second-order valence-electron chi connectivity index (χ2n) is 4.60. The van der Waals surface area contributed by atoms with E-state index in [0.29, 0.717) is 16.8 Å². The maximum atomic E-state index is 6.24. The summed E-state index contributed by atoms with van der Waals surface area (Å²) in [5, 5.41) is 8.03. The summed E-state index contributed by atoms with van der Waals surface area (Å²) in [7, 11) is 0. The molecule has 0 spiro atoms. The molecule has 4 nitrogen and oxygen atoms in total. The summed E-state index contributed by atoms with van der Waals surface area (Å²) >= 11 is 9.63. The Morgan fingerprint density at radius 2 is 2.32 bits per heavy atom. The zero-order chi connectivity index (χ0) is 13.2. The molecule has 1 N–H and O–H groups in total. The molecule has 0 radical (unpaired) electrons. The zero-order valence-corrected chi connectivity index (χ0v) is 12.5. The van der Waals surface area contributed by atoms with Crippen LogP contribution in [0.3, 0.4) is 0 Å². The Hall–Kier alpha value is -0.910. The van der Waals surface area contributed by atoms with Crippen molar-refractivity contribution in [2.45, 2.75) is 18.8 Å². The van der Waals surface area contributed by atoms with E-state index in [1.807, 2.05) is 18.2 Å². The SMILES string of the molecule is Clc1c(Br)cccc1-c1nc(C2CCCNC2)no1. The van der Waals surface area contributed by atoms with Crippen molar-refractivity contribution < 1.29 is 4.52 Å². The van der Waals surface area contributed by atoms with Gasteiger partial charge in [0, 0.05) is 16.9 Å². The average molecular weight is 343 g/mol. The van der Waals surface area contributed by atoms with Crippen molar-refractivity contribution in [3.63, 3.8) is 0 Å². The number of benzene rings is 1. The highest BCUT2D eigenvalue weighted by Crippen LogP contribution is 2.33. The normalized spacial score (nSPS) is 19.6. The second-order valence-corrected chi connectivity index (χ2v) is 5.83. The first-order valence-corrected chi connectivity index (χ1v) is 7.41. The molecule has 2 aromatic rings. The predicted octanol–water partition coefficient (Wildman–Crippen LogP) is 3.62. The molecule has 1 unspecified atom stereocenters. The highest BCUT2D eigenvalue weighted by Gasteiger charge is 2.22. The lowest BCUT2D eigenvalue weighted by atomic mass is 9.99. The summed E-state index contributed by atoms with van der Waals surface area (Å²) in [6.45, 7) is 1.98. The van der Waals surface area contributed by atoms with E-state index in [0.717, 1.165) is 41.8 Å². The van der Waals surface area contributed by atoms with Gasteiger partial charge in [-0.1, -0.05) is 22.8 Å². The molecule has 1 aliphatic rings. The van der Waals surface area contributed by atoms with Gasteiger partial charge in [-0.15, -0.1) is 0 Å². The molecule has 0 amide bonds. The number of rotatable bonds is 2. The minimum atomic E-state index is 0.331. The van der Waals surface area contributed by atoms with Gasteiger partial charge in [0.15, 0.2) is 5.82 Å². The Bertz CT molecular complexity index is 581. The molecule has 0 saturated carbocycles. The minimum Gasteiger partial charge on any atom is -0.334 e. The third-order valence-electron chi connectivity index (χ3n) is 3.29. The van der Waals surface area contributed by atoms with E-state index >= 15 is 0 Å². The van der Waals surface area contributed by atoms with Crippen molar-refractivity contribution in [2.75, 3.05) is 13.1 Å². The molecule has 1 atom stereocenters. The van der Waals surface area contributed by atoms with Gasteiger partial charge >= 0.3 is 0 Å². The highest BCUT2D eigenvalue weighted by atomic mass is 79.9. The molecule has 6 heteroatoms. The van der Waals surface area contributed by atoms with E-state index in [9.17, 15) is 0 Å². The van der Waals surface area contributed by atoms with E-state index in [4.69, 9.17) is 16.1 Å². The Morgan fingerprint density at radius 3 is 3.11 bits per heavy atom. The standard InChI is InChI=1S/C13H13BrClN3O/c14-10-5-1-4-9(11(10)15)13-17-12(18-19-13)8-3-2-6-16-7-8/h1,4-5,8,16H,2-3,6-7H2.